The molecule has 28 heavy (non-hydrogen) atoms. The molecule has 4 rings (SSSR count). The molecule has 3 aromatic rings. The molecule has 1 amide bonds. The van der Waals surface area contributed by atoms with Crippen molar-refractivity contribution in [3.05, 3.63) is 48.0 Å². The fourth-order valence-electron chi connectivity index (χ4n) is 4.22. The molecule has 1 aliphatic carbocycles. The number of nitrogens with zero attached hydrogens (tertiary/aromatic N) is 2. The van der Waals surface area contributed by atoms with Crippen molar-refractivity contribution in [3.63, 3.8) is 0 Å². The van der Waals surface area contributed by atoms with E-state index in [0.29, 0.717) is 17.3 Å². The number of hydrogen-bond acceptors (Lipinski definition) is 3. The van der Waals surface area contributed by atoms with Gasteiger partial charge in [0.15, 0.2) is 0 Å². The van der Waals surface area contributed by atoms with Crippen molar-refractivity contribution >= 4 is 22.7 Å². The molecule has 2 N–H and O–H groups in total. The molecule has 1 saturated carbocycles. The van der Waals surface area contributed by atoms with E-state index in [2.05, 4.69) is 16.0 Å². The highest BCUT2D eigenvalue weighted by atomic mass is 16.5. The average Bonchev–Trinajstić information content (AvgIpc) is 3.32. The summed E-state index contributed by atoms with van der Waals surface area (Å²) >= 11 is 0. The number of nitrogens with one attached hydrogen (secondary N) is 1. The van der Waals surface area contributed by atoms with Crippen molar-refractivity contribution < 1.29 is 14.6 Å². The number of benzene rings is 2. The summed E-state index contributed by atoms with van der Waals surface area (Å²) in [6.45, 7) is 0. The Balaban J connectivity index is 2.00. The average molecular weight is 375 g/mol. The molecule has 6 heteroatoms. The fraction of sp³-hybridized carbons (Fsp3) is 0.273. The van der Waals surface area contributed by atoms with Crippen LogP contribution < -0.4 is 10.1 Å². The first-order valence-electron chi connectivity index (χ1n) is 9.35. The molecule has 0 saturated heterocycles. The number of aromatic nitrogens is 1. The summed E-state index contributed by atoms with van der Waals surface area (Å²) in [5, 5.41) is 22.3. The monoisotopic (exact) mass is 375 g/mol. The number of carboxylic acid groups (broad SMARTS) is 1. The van der Waals surface area contributed by atoms with Crippen LogP contribution in [0.25, 0.3) is 22.2 Å². The van der Waals surface area contributed by atoms with E-state index in [-0.39, 0.29) is 0 Å². The minimum atomic E-state index is -1.11. The lowest BCUT2D eigenvalue weighted by molar-refractivity contribution is 0.210. The van der Waals surface area contributed by atoms with Crippen molar-refractivity contribution in [1.82, 2.24) is 4.57 Å². The third kappa shape index (κ3) is 3.05. The van der Waals surface area contributed by atoms with Gasteiger partial charge in [-0.25, -0.2) is 4.79 Å². The third-order valence-electron chi connectivity index (χ3n) is 5.40. The topological polar surface area (TPSA) is 87.3 Å². The van der Waals surface area contributed by atoms with Crippen LogP contribution in [0.1, 0.15) is 37.3 Å². The lowest BCUT2D eigenvalue weighted by Crippen LogP contribution is -2.08. The number of methoxy groups -OCH3 is 1. The maximum Gasteiger partial charge on any atom is 0.409 e. The highest BCUT2D eigenvalue weighted by Gasteiger charge is 2.26. The van der Waals surface area contributed by atoms with Gasteiger partial charge in [0.25, 0.3) is 0 Å². The predicted octanol–water partition coefficient (Wildman–Crippen LogP) is 5.39. The highest BCUT2D eigenvalue weighted by molar-refractivity contribution is 5.96. The zero-order chi connectivity index (χ0) is 19.7. The van der Waals surface area contributed by atoms with Crippen LogP contribution in [-0.4, -0.2) is 22.9 Å². The van der Waals surface area contributed by atoms with Gasteiger partial charge in [-0.05, 0) is 37.1 Å². The predicted molar refractivity (Wildman–Crippen MR) is 108 cm³/mol. The standard InChI is InChI=1S/C22H21N3O3/c1-28-17-9-10-18-19(13-23)21(14-5-4-6-15(11-14)24-22(26)27)25(20(18)12-17)16-7-2-3-8-16/h4-6,9-12,16,24H,2-3,7-8H2,1H3,(H,26,27). The van der Waals surface area contributed by atoms with E-state index in [4.69, 9.17) is 9.84 Å². The number of rotatable bonds is 4. The number of nitriles is 1. The normalized spacial score (nSPS) is 14.1. The number of amides is 1. The number of anilines is 1. The zero-order valence-corrected chi connectivity index (χ0v) is 15.6. The van der Waals surface area contributed by atoms with E-state index >= 15 is 0 Å². The number of hydrogen-bond donors (Lipinski definition) is 2. The van der Waals surface area contributed by atoms with E-state index in [1.54, 1.807) is 25.3 Å². The van der Waals surface area contributed by atoms with Gasteiger partial charge in [0.2, 0.25) is 0 Å². The second-order valence-corrected chi connectivity index (χ2v) is 7.04. The molecule has 0 aliphatic heterocycles. The van der Waals surface area contributed by atoms with Crippen molar-refractivity contribution in [1.29, 1.82) is 5.26 Å². The van der Waals surface area contributed by atoms with Gasteiger partial charge in [-0.2, -0.15) is 5.26 Å². The zero-order valence-electron chi connectivity index (χ0n) is 15.6. The van der Waals surface area contributed by atoms with Crippen LogP contribution in [0.2, 0.25) is 0 Å². The van der Waals surface area contributed by atoms with Gasteiger partial charge in [0, 0.05) is 28.7 Å². The lowest BCUT2D eigenvalue weighted by atomic mass is 10.0. The second-order valence-electron chi connectivity index (χ2n) is 7.04. The molecule has 1 fully saturated rings. The molecule has 0 spiro atoms. The molecule has 0 bridgehead atoms. The van der Waals surface area contributed by atoms with Crippen LogP contribution in [-0.2, 0) is 0 Å². The number of carbonyl (C=O) groups is 1. The second kappa shape index (κ2) is 7.28. The minimum absolute atomic E-state index is 0.308. The molecule has 0 unspecified atom stereocenters. The molecule has 1 aliphatic rings. The van der Waals surface area contributed by atoms with Crippen LogP contribution in [0.4, 0.5) is 10.5 Å². The molecule has 1 aromatic heterocycles. The van der Waals surface area contributed by atoms with E-state index < -0.39 is 6.09 Å². The van der Waals surface area contributed by atoms with E-state index in [0.717, 1.165) is 53.6 Å². The number of ether oxygens (including phenoxy) is 1. The largest absolute Gasteiger partial charge is 0.497 e. The summed E-state index contributed by atoms with van der Waals surface area (Å²) in [4.78, 5) is 11.0. The van der Waals surface area contributed by atoms with Gasteiger partial charge in [-0.15, -0.1) is 0 Å². The summed E-state index contributed by atoms with van der Waals surface area (Å²) in [6.07, 6.45) is 3.34. The first kappa shape index (κ1) is 17.9. The smallest absolute Gasteiger partial charge is 0.409 e. The van der Waals surface area contributed by atoms with E-state index in [1.165, 1.54) is 0 Å². The molecule has 0 radical (unpaired) electrons. The Morgan fingerprint density at radius 2 is 2.04 bits per heavy atom. The van der Waals surface area contributed by atoms with Gasteiger partial charge in [0.1, 0.15) is 11.8 Å². The van der Waals surface area contributed by atoms with E-state index in [9.17, 15) is 10.1 Å². The maximum atomic E-state index is 11.0. The summed E-state index contributed by atoms with van der Waals surface area (Å²) in [6, 6.07) is 15.7. The van der Waals surface area contributed by atoms with Crippen LogP contribution in [0.15, 0.2) is 42.5 Å². The minimum Gasteiger partial charge on any atom is -0.497 e. The summed E-state index contributed by atoms with van der Waals surface area (Å²) < 4.78 is 7.67. The summed E-state index contributed by atoms with van der Waals surface area (Å²) in [5.74, 6) is 0.751. The van der Waals surface area contributed by atoms with Crippen LogP contribution in [0, 0.1) is 11.3 Å². The van der Waals surface area contributed by atoms with Crippen molar-refractivity contribution in [3.8, 4) is 23.1 Å². The van der Waals surface area contributed by atoms with Crippen LogP contribution in [0.3, 0.4) is 0 Å². The SMILES string of the molecule is COc1ccc2c(C#N)c(-c3cccc(NC(=O)O)c3)n(C3CCCC3)c2c1. The molecular weight excluding hydrogens is 354 g/mol. The molecular formula is C22H21N3O3. The maximum absolute atomic E-state index is 11.0. The molecule has 142 valence electrons. The Hall–Kier alpha value is -3.46. The van der Waals surface area contributed by atoms with Crippen molar-refractivity contribution in [2.75, 3.05) is 12.4 Å². The molecule has 6 nitrogen and oxygen atoms in total. The summed E-state index contributed by atoms with van der Waals surface area (Å²) in [7, 11) is 1.64. The Kier molecular flexibility index (Phi) is 4.66. The third-order valence-corrected chi connectivity index (χ3v) is 5.40. The molecule has 1 heterocycles. The quantitative estimate of drug-likeness (QED) is 0.640. The molecule has 2 aromatic carbocycles. The van der Waals surface area contributed by atoms with Gasteiger partial charge >= 0.3 is 6.09 Å². The summed E-state index contributed by atoms with van der Waals surface area (Å²) in [5.41, 5.74) is 3.73. The van der Waals surface area contributed by atoms with Crippen molar-refractivity contribution in [2.45, 2.75) is 31.7 Å². The van der Waals surface area contributed by atoms with Crippen molar-refractivity contribution in [2.24, 2.45) is 0 Å². The Bertz CT molecular complexity index is 1090. The Labute approximate surface area is 163 Å². The van der Waals surface area contributed by atoms with Gasteiger partial charge in [-0.1, -0.05) is 25.0 Å². The van der Waals surface area contributed by atoms with E-state index in [1.807, 2.05) is 24.3 Å². The first-order valence-corrected chi connectivity index (χ1v) is 9.35. The van der Waals surface area contributed by atoms with Crippen LogP contribution >= 0.6 is 0 Å². The number of fused-ring (bicyclic) bond motifs is 1. The van der Waals surface area contributed by atoms with Gasteiger partial charge in [-0.3, -0.25) is 5.32 Å². The molecule has 0 atom stereocenters. The first-order chi connectivity index (χ1) is 13.6. The fourth-order valence-corrected chi connectivity index (χ4v) is 4.22. The lowest BCUT2D eigenvalue weighted by Gasteiger charge is -2.19. The van der Waals surface area contributed by atoms with Gasteiger partial charge < -0.3 is 14.4 Å². The van der Waals surface area contributed by atoms with Gasteiger partial charge in [0.05, 0.1) is 23.9 Å². The highest BCUT2D eigenvalue weighted by Crippen LogP contribution is 2.42. The Morgan fingerprint density at radius 3 is 2.71 bits per heavy atom. The Morgan fingerprint density at radius 1 is 1.25 bits per heavy atom. The van der Waals surface area contributed by atoms with Crippen LogP contribution in [0.5, 0.6) is 5.75 Å².